The van der Waals surface area contributed by atoms with Gasteiger partial charge < -0.3 is 5.32 Å². The Morgan fingerprint density at radius 3 is 2.89 bits per heavy atom. The molecule has 0 aliphatic carbocycles. The van der Waals surface area contributed by atoms with Crippen molar-refractivity contribution < 1.29 is 0 Å². The van der Waals surface area contributed by atoms with Gasteiger partial charge in [-0.15, -0.1) is 11.3 Å². The van der Waals surface area contributed by atoms with Gasteiger partial charge in [-0.1, -0.05) is 17.7 Å². The van der Waals surface area contributed by atoms with Crippen LogP contribution >= 0.6 is 22.9 Å². The fourth-order valence-corrected chi connectivity index (χ4v) is 3.05. The van der Waals surface area contributed by atoms with Crippen molar-refractivity contribution in [1.29, 1.82) is 0 Å². The molecule has 0 radical (unpaired) electrons. The van der Waals surface area contributed by atoms with Gasteiger partial charge >= 0.3 is 0 Å². The van der Waals surface area contributed by atoms with Gasteiger partial charge in [-0.25, -0.2) is 0 Å². The summed E-state index contributed by atoms with van der Waals surface area (Å²) in [5, 5.41) is 7.31. The van der Waals surface area contributed by atoms with Crippen LogP contribution in [0.1, 0.15) is 17.8 Å². The first-order chi connectivity index (χ1) is 9.25. The summed E-state index contributed by atoms with van der Waals surface area (Å²) in [6.45, 7) is 2.15. The quantitative estimate of drug-likeness (QED) is 0.723. The number of halogens is 1. The van der Waals surface area contributed by atoms with Crippen molar-refractivity contribution >= 4 is 39.5 Å². The van der Waals surface area contributed by atoms with E-state index in [9.17, 15) is 0 Å². The average Bonchev–Trinajstić information content (AvgIpc) is 2.96. The highest BCUT2D eigenvalue weighted by Crippen LogP contribution is 2.31. The monoisotopic (exact) mass is 288 g/mol. The van der Waals surface area contributed by atoms with Gasteiger partial charge in [0.15, 0.2) is 0 Å². The van der Waals surface area contributed by atoms with Gasteiger partial charge in [0.05, 0.1) is 22.3 Å². The Morgan fingerprint density at radius 1 is 1.21 bits per heavy atom. The Labute approximate surface area is 121 Å². The number of rotatable bonds is 3. The van der Waals surface area contributed by atoms with Crippen molar-refractivity contribution in [3.8, 4) is 0 Å². The molecule has 0 saturated heterocycles. The summed E-state index contributed by atoms with van der Waals surface area (Å²) < 4.78 is 0. The number of benzene rings is 1. The third-order valence-corrected chi connectivity index (χ3v) is 4.44. The Bertz CT molecular complexity index is 694. The van der Waals surface area contributed by atoms with Gasteiger partial charge in [0.2, 0.25) is 0 Å². The molecular formula is C15H13ClN2S. The van der Waals surface area contributed by atoms with Crippen LogP contribution in [-0.2, 0) is 0 Å². The fraction of sp³-hybridized carbons (Fsp3) is 0.133. The molecule has 2 heterocycles. The lowest BCUT2D eigenvalue weighted by atomic mass is 10.1. The van der Waals surface area contributed by atoms with Gasteiger partial charge in [0, 0.05) is 16.5 Å². The van der Waals surface area contributed by atoms with Crippen LogP contribution in [-0.4, -0.2) is 4.98 Å². The number of pyridine rings is 1. The molecule has 19 heavy (non-hydrogen) atoms. The van der Waals surface area contributed by atoms with Gasteiger partial charge in [0.1, 0.15) is 0 Å². The van der Waals surface area contributed by atoms with Gasteiger partial charge in [-0.3, -0.25) is 4.98 Å². The number of hydrogen-bond donors (Lipinski definition) is 1. The molecule has 0 aliphatic rings. The molecule has 3 aromatic rings. The van der Waals surface area contributed by atoms with Crippen molar-refractivity contribution in [3.63, 3.8) is 0 Å². The van der Waals surface area contributed by atoms with Crippen LogP contribution in [0.2, 0.25) is 5.02 Å². The zero-order chi connectivity index (χ0) is 13.2. The van der Waals surface area contributed by atoms with E-state index in [-0.39, 0.29) is 6.04 Å². The second kappa shape index (κ2) is 5.19. The van der Waals surface area contributed by atoms with Crippen LogP contribution in [0.15, 0.2) is 48.0 Å². The van der Waals surface area contributed by atoms with Crippen molar-refractivity contribution in [2.45, 2.75) is 13.0 Å². The topological polar surface area (TPSA) is 24.9 Å². The van der Waals surface area contributed by atoms with E-state index in [2.05, 4.69) is 34.7 Å². The first-order valence-corrected chi connectivity index (χ1v) is 7.34. The van der Waals surface area contributed by atoms with E-state index in [1.807, 2.05) is 24.3 Å². The third-order valence-electron chi connectivity index (χ3n) is 3.06. The highest BCUT2D eigenvalue weighted by atomic mass is 35.5. The predicted octanol–water partition coefficient (Wildman–Crippen LogP) is 5.12. The lowest BCUT2D eigenvalue weighted by molar-refractivity contribution is 0.909. The Balaban J connectivity index is 2.00. The molecule has 1 atom stereocenters. The Hall–Kier alpha value is -1.58. The molecule has 96 valence electrons. The second-order valence-corrected chi connectivity index (χ2v) is 5.76. The van der Waals surface area contributed by atoms with Crippen LogP contribution < -0.4 is 5.32 Å². The summed E-state index contributed by atoms with van der Waals surface area (Å²) in [6, 6.07) is 12.2. The molecule has 2 aromatic heterocycles. The summed E-state index contributed by atoms with van der Waals surface area (Å²) in [5.74, 6) is 0. The standard InChI is InChI=1S/C15H13ClN2S/c1-10(14-5-3-9-19-14)18-13-7-6-12(16)11-4-2-8-17-15(11)13/h2-10,18H,1H3. The van der Waals surface area contributed by atoms with E-state index >= 15 is 0 Å². The van der Waals surface area contributed by atoms with E-state index in [0.717, 1.165) is 21.6 Å². The molecule has 1 unspecified atom stereocenters. The van der Waals surface area contributed by atoms with E-state index in [1.165, 1.54) is 4.88 Å². The zero-order valence-corrected chi connectivity index (χ0v) is 12.0. The van der Waals surface area contributed by atoms with E-state index in [1.54, 1.807) is 17.5 Å². The molecule has 1 aromatic carbocycles. The summed E-state index contributed by atoms with van der Waals surface area (Å²) in [5.41, 5.74) is 1.93. The number of nitrogens with zero attached hydrogens (tertiary/aromatic N) is 1. The maximum atomic E-state index is 6.20. The summed E-state index contributed by atoms with van der Waals surface area (Å²) >= 11 is 7.95. The maximum absolute atomic E-state index is 6.20. The van der Waals surface area contributed by atoms with E-state index < -0.39 is 0 Å². The molecule has 0 amide bonds. The van der Waals surface area contributed by atoms with Crippen molar-refractivity contribution in [1.82, 2.24) is 4.98 Å². The van der Waals surface area contributed by atoms with Crippen LogP contribution in [0, 0.1) is 0 Å². The lowest BCUT2D eigenvalue weighted by Gasteiger charge is -2.15. The molecule has 4 heteroatoms. The van der Waals surface area contributed by atoms with Gasteiger partial charge in [0.25, 0.3) is 0 Å². The van der Waals surface area contributed by atoms with E-state index in [4.69, 9.17) is 11.6 Å². The minimum atomic E-state index is 0.256. The number of fused-ring (bicyclic) bond motifs is 1. The normalized spacial score (nSPS) is 12.5. The lowest BCUT2D eigenvalue weighted by Crippen LogP contribution is -2.05. The number of thiophene rings is 1. The highest BCUT2D eigenvalue weighted by Gasteiger charge is 2.10. The van der Waals surface area contributed by atoms with E-state index in [0.29, 0.717) is 0 Å². The minimum absolute atomic E-state index is 0.256. The molecule has 1 N–H and O–H groups in total. The largest absolute Gasteiger partial charge is 0.376 e. The molecule has 0 bridgehead atoms. The van der Waals surface area contributed by atoms with Crippen LogP contribution in [0.3, 0.4) is 0 Å². The SMILES string of the molecule is CC(Nc1ccc(Cl)c2cccnc12)c1cccs1. The first kappa shape index (κ1) is 12.5. The van der Waals surface area contributed by atoms with Crippen LogP contribution in [0.5, 0.6) is 0 Å². The number of anilines is 1. The number of nitrogens with one attached hydrogen (secondary N) is 1. The minimum Gasteiger partial charge on any atom is -0.376 e. The summed E-state index contributed by atoms with van der Waals surface area (Å²) in [7, 11) is 0. The van der Waals surface area contributed by atoms with Gasteiger partial charge in [-0.2, -0.15) is 0 Å². The summed E-state index contributed by atoms with van der Waals surface area (Å²) in [6.07, 6.45) is 1.79. The molecule has 0 saturated carbocycles. The maximum Gasteiger partial charge on any atom is 0.0948 e. The number of aromatic nitrogens is 1. The predicted molar refractivity (Wildman–Crippen MR) is 83.1 cm³/mol. The highest BCUT2D eigenvalue weighted by molar-refractivity contribution is 7.10. The van der Waals surface area contributed by atoms with Crippen molar-refractivity contribution in [2.24, 2.45) is 0 Å². The molecule has 0 fully saturated rings. The third kappa shape index (κ3) is 2.44. The smallest absolute Gasteiger partial charge is 0.0948 e. The molecule has 3 rings (SSSR count). The zero-order valence-electron chi connectivity index (χ0n) is 10.4. The molecule has 0 spiro atoms. The average molecular weight is 289 g/mol. The summed E-state index contributed by atoms with van der Waals surface area (Å²) in [4.78, 5) is 5.74. The van der Waals surface area contributed by atoms with Gasteiger partial charge in [-0.05, 0) is 42.6 Å². The Kier molecular flexibility index (Phi) is 3.40. The second-order valence-electron chi connectivity index (χ2n) is 4.38. The van der Waals surface area contributed by atoms with Crippen LogP contribution in [0.25, 0.3) is 10.9 Å². The Morgan fingerprint density at radius 2 is 2.11 bits per heavy atom. The molecule has 0 aliphatic heterocycles. The van der Waals surface area contributed by atoms with Crippen LogP contribution in [0.4, 0.5) is 5.69 Å². The first-order valence-electron chi connectivity index (χ1n) is 6.09. The molecular weight excluding hydrogens is 276 g/mol. The van der Waals surface area contributed by atoms with Crippen molar-refractivity contribution in [3.05, 3.63) is 57.9 Å². The van der Waals surface area contributed by atoms with Crippen molar-refractivity contribution in [2.75, 3.05) is 5.32 Å². The molecule has 2 nitrogen and oxygen atoms in total. The fourth-order valence-electron chi connectivity index (χ4n) is 2.10. The number of hydrogen-bond acceptors (Lipinski definition) is 3.